The predicted octanol–water partition coefficient (Wildman–Crippen LogP) is 12.6. The van der Waals surface area contributed by atoms with Gasteiger partial charge < -0.3 is 9.64 Å². The summed E-state index contributed by atoms with van der Waals surface area (Å²) < 4.78 is 9.26. The van der Waals surface area contributed by atoms with Crippen molar-refractivity contribution >= 4 is 48.5 Å². The van der Waals surface area contributed by atoms with Crippen LogP contribution >= 0.6 is 11.3 Å². The highest BCUT2D eigenvalue weighted by atomic mass is 32.1. The van der Waals surface area contributed by atoms with Gasteiger partial charge in [0.1, 0.15) is 11.5 Å². The molecule has 1 aromatic heterocycles. The summed E-state index contributed by atoms with van der Waals surface area (Å²) in [6.07, 6.45) is 28.5. The van der Waals surface area contributed by atoms with Crippen LogP contribution in [-0.4, -0.2) is 6.04 Å². The molecule has 10 rings (SSSR count). The molecular weight excluding hydrogens is 615 g/mol. The summed E-state index contributed by atoms with van der Waals surface area (Å²) in [5, 5.41) is 2.71. The fraction of sp³-hybridized carbons (Fsp3) is 0.174. The molecule has 0 amide bonds. The van der Waals surface area contributed by atoms with Gasteiger partial charge in [-0.05, 0) is 78.6 Å². The largest absolute Gasteiger partial charge is 0.460 e. The number of thiophene rings is 1. The number of allylic oxidation sites excluding steroid dienone is 12. The van der Waals surface area contributed by atoms with Gasteiger partial charge in [-0.3, -0.25) is 0 Å². The van der Waals surface area contributed by atoms with Crippen LogP contribution in [0.5, 0.6) is 5.75 Å². The second-order valence-corrected chi connectivity index (χ2v) is 14.8. The summed E-state index contributed by atoms with van der Waals surface area (Å²) in [7, 11) is 0. The van der Waals surface area contributed by atoms with Crippen molar-refractivity contribution in [1.29, 1.82) is 0 Å². The minimum atomic E-state index is 0.211. The van der Waals surface area contributed by atoms with Crippen molar-refractivity contribution in [3.05, 3.63) is 179 Å². The van der Waals surface area contributed by atoms with E-state index in [0.29, 0.717) is 11.8 Å². The topological polar surface area (TPSA) is 12.5 Å². The second-order valence-electron chi connectivity index (χ2n) is 13.8. The maximum Gasteiger partial charge on any atom is 0.130 e. The molecule has 5 aliphatic rings. The lowest BCUT2D eigenvalue weighted by Gasteiger charge is -2.35. The zero-order chi connectivity index (χ0) is 32.3. The van der Waals surface area contributed by atoms with Crippen LogP contribution in [0.3, 0.4) is 0 Å². The first kappa shape index (κ1) is 28.9. The Kier molecular flexibility index (Phi) is 6.94. The standard InChI is InChI=1S/C46H37NOS/c1-2-12-31(13-3-1)37-17-9-19-40-41-20-10-21-42(46(41)49-45(37)40)47(35-28-23-30-11-4-5-14-33(30)29-35)34-26-24-32(25-27-34)36-16-8-18-39-38-15-6-7-22-43(38)48-44(36)39/h1-3,5-10,12,14-17,19-28,31,35,39H,4,11,13,18,29H2. The average Bonchev–Trinajstić information content (AvgIpc) is 3.75. The highest BCUT2D eigenvalue weighted by Crippen LogP contribution is 2.49. The van der Waals surface area contributed by atoms with E-state index in [1.54, 1.807) is 0 Å². The lowest BCUT2D eigenvalue weighted by Crippen LogP contribution is -2.31. The number of benzene rings is 4. The predicted molar refractivity (Wildman–Crippen MR) is 207 cm³/mol. The molecule has 0 saturated heterocycles. The third kappa shape index (κ3) is 4.82. The van der Waals surface area contributed by atoms with E-state index in [1.165, 1.54) is 65.0 Å². The third-order valence-corrected chi connectivity index (χ3v) is 12.3. The fourth-order valence-corrected chi connectivity index (χ4v) is 9.95. The van der Waals surface area contributed by atoms with Gasteiger partial charge in [0.05, 0.1) is 16.4 Å². The molecule has 0 bridgehead atoms. The van der Waals surface area contributed by atoms with Crippen LogP contribution in [0, 0.1) is 0 Å². The van der Waals surface area contributed by atoms with Crippen LogP contribution in [0.2, 0.25) is 0 Å². The van der Waals surface area contributed by atoms with Crippen molar-refractivity contribution in [2.75, 3.05) is 4.90 Å². The summed E-state index contributed by atoms with van der Waals surface area (Å²) in [5.74, 6) is 2.79. The van der Waals surface area contributed by atoms with Gasteiger partial charge in [-0.2, -0.15) is 0 Å². The van der Waals surface area contributed by atoms with E-state index < -0.39 is 0 Å². The smallest absolute Gasteiger partial charge is 0.130 e. The molecule has 4 aliphatic carbocycles. The van der Waals surface area contributed by atoms with E-state index in [2.05, 4.69) is 151 Å². The maximum absolute atomic E-state index is 6.49. The third-order valence-electron chi connectivity index (χ3n) is 11.0. The molecule has 238 valence electrons. The molecule has 0 fully saturated rings. The van der Waals surface area contributed by atoms with Crippen LogP contribution in [0.15, 0.2) is 163 Å². The van der Waals surface area contributed by atoms with E-state index in [9.17, 15) is 0 Å². The van der Waals surface area contributed by atoms with Gasteiger partial charge in [-0.1, -0.05) is 121 Å². The Morgan fingerprint density at radius 1 is 0.673 bits per heavy atom. The summed E-state index contributed by atoms with van der Waals surface area (Å²) in [6, 6.07) is 31.8. The molecular formula is C46H37NOS. The fourth-order valence-electron chi connectivity index (χ4n) is 8.56. The van der Waals surface area contributed by atoms with Crippen LogP contribution in [-0.2, 0) is 0 Å². The number of para-hydroxylation sites is 1. The Bertz CT molecular complexity index is 2360. The van der Waals surface area contributed by atoms with E-state index >= 15 is 0 Å². The average molecular weight is 652 g/mol. The number of nitrogens with zero attached hydrogens (tertiary/aromatic N) is 1. The minimum absolute atomic E-state index is 0.211. The Balaban J connectivity index is 1.09. The molecule has 49 heavy (non-hydrogen) atoms. The molecule has 3 unspecified atom stereocenters. The Morgan fingerprint density at radius 3 is 2.43 bits per heavy atom. The van der Waals surface area contributed by atoms with Crippen molar-refractivity contribution in [3.63, 3.8) is 0 Å². The zero-order valence-corrected chi connectivity index (χ0v) is 28.2. The van der Waals surface area contributed by atoms with Crippen molar-refractivity contribution in [3.8, 4) is 5.75 Å². The monoisotopic (exact) mass is 651 g/mol. The molecule has 0 spiro atoms. The van der Waals surface area contributed by atoms with Crippen LogP contribution in [0.25, 0.3) is 25.7 Å². The number of anilines is 2. The highest BCUT2D eigenvalue weighted by Gasteiger charge is 2.33. The normalized spacial score (nSPS) is 22.1. The summed E-state index contributed by atoms with van der Waals surface area (Å²) >= 11 is 1.97. The molecule has 2 heterocycles. The van der Waals surface area contributed by atoms with Gasteiger partial charge >= 0.3 is 0 Å². The van der Waals surface area contributed by atoms with E-state index in [0.717, 1.165) is 43.6 Å². The van der Waals surface area contributed by atoms with Gasteiger partial charge in [-0.15, -0.1) is 11.3 Å². The zero-order valence-electron chi connectivity index (χ0n) is 27.4. The van der Waals surface area contributed by atoms with E-state index in [1.807, 2.05) is 11.3 Å². The molecule has 0 radical (unpaired) electrons. The second kappa shape index (κ2) is 11.8. The minimum Gasteiger partial charge on any atom is -0.460 e. The van der Waals surface area contributed by atoms with Gasteiger partial charge in [0.2, 0.25) is 0 Å². The van der Waals surface area contributed by atoms with Gasteiger partial charge in [-0.25, -0.2) is 0 Å². The van der Waals surface area contributed by atoms with E-state index in [-0.39, 0.29) is 6.04 Å². The molecule has 0 N–H and O–H groups in total. The SMILES string of the molecule is C1=CCC(c2cccc3c2sc2c(N(c4ccc(C5=C6Oc7ccccc7C6CC=C5)cc4)C4C=CC5=C(C=CCC5)C4)cccc23)C=C1. The molecule has 3 atom stereocenters. The summed E-state index contributed by atoms with van der Waals surface area (Å²) in [6.45, 7) is 0. The molecule has 1 aliphatic heterocycles. The van der Waals surface area contributed by atoms with Gasteiger partial charge in [0.15, 0.2) is 0 Å². The van der Waals surface area contributed by atoms with Crippen molar-refractivity contribution < 1.29 is 4.74 Å². The summed E-state index contributed by atoms with van der Waals surface area (Å²) in [5.41, 5.74) is 10.6. The Hall–Kier alpha value is -5.12. The van der Waals surface area contributed by atoms with Gasteiger partial charge in [0, 0.05) is 44.1 Å². The molecule has 3 heteroatoms. The Morgan fingerprint density at radius 2 is 1.53 bits per heavy atom. The molecule has 4 aromatic carbocycles. The van der Waals surface area contributed by atoms with Crippen LogP contribution in [0.1, 0.15) is 60.6 Å². The summed E-state index contributed by atoms with van der Waals surface area (Å²) in [4.78, 5) is 2.60. The number of hydrogen-bond donors (Lipinski definition) is 0. The Labute approximate surface area is 292 Å². The van der Waals surface area contributed by atoms with Crippen molar-refractivity contribution in [2.45, 2.75) is 50.0 Å². The molecule has 0 saturated carbocycles. The lowest BCUT2D eigenvalue weighted by molar-refractivity contribution is 0.429. The number of hydrogen-bond acceptors (Lipinski definition) is 3. The first-order chi connectivity index (χ1) is 24.3. The first-order valence-corrected chi connectivity index (χ1v) is 18.5. The lowest BCUT2D eigenvalue weighted by atomic mass is 9.86. The highest BCUT2D eigenvalue weighted by molar-refractivity contribution is 7.26. The molecule has 2 nitrogen and oxygen atoms in total. The van der Waals surface area contributed by atoms with Crippen LogP contribution in [0.4, 0.5) is 11.4 Å². The van der Waals surface area contributed by atoms with E-state index in [4.69, 9.17) is 4.74 Å². The quantitative estimate of drug-likeness (QED) is 0.187. The molecule has 5 aromatic rings. The number of ether oxygens (including phenoxy) is 1. The maximum atomic E-state index is 6.49. The van der Waals surface area contributed by atoms with Crippen LogP contribution < -0.4 is 9.64 Å². The number of fused-ring (bicyclic) bond motifs is 6. The van der Waals surface area contributed by atoms with Crippen molar-refractivity contribution in [2.24, 2.45) is 0 Å². The van der Waals surface area contributed by atoms with Gasteiger partial charge in [0.25, 0.3) is 0 Å². The van der Waals surface area contributed by atoms with Crippen molar-refractivity contribution in [1.82, 2.24) is 0 Å². The number of rotatable bonds is 5. The first-order valence-electron chi connectivity index (χ1n) is 17.7.